The maximum atomic E-state index is 12.9. The Labute approximate surface area is 145 Å². The van der Waals surface area contributed by atoms with Crippen LogP contribution in [-0.4, -0.2) is 21.9 Å². The fourth-order valence-corrected chi connectivity index (χ4v) is 2.49. The van der Waals surface area contributed by atoms with Crippen molar-refractivity contribution in [3.8, 4) is 0 Å². The maximum Gasteiger partial charge on any atom is 0.312 e. The van der Waals surface area contributed by atoms with Crippen molar-refractivity contribution >= 4 is 17.6 Å². The molecule has 0 spiro atoms. The van der Waals surface area contributed by atoms with Gasteiger partial charge in [-0.15, -0.1) is 11.6 Å². The van der Waals surface area contributed by atoms with Crippen molar-refractivity contribution < 1.29 is 19.0 Å². The number of carbonyl (C=O) groups excluding carboxylic acids is 1. The molecule has 1 aromatic heterocycles. The van der Waals surface area contributed by atoms with Gasteiger partial charge in [0.05, 0.1) is 12.0 Å². The van der Waals surface area contributed by atoms with E-state index < -0.39 is 23.9 Å². The number of aromatic nitrogens is 1. The molecule has 0 radical (unpaired) electrons. The Hall–Kier alpha value is -1.98. The van der Waals surface area contributed by atoms with Gasteiger partial charge in [0.2, 0.25) is 5.95 Å². The second-order valence-electron chi connectivity index (χ2n) is 5.39. The summed E-state index contributed by atoms with van der Waals surface area (Å²) in [6, 6.07) is 11.8. The highest BCUT2D eigenvalue weighted by Crippen LogP contribution is 2.27. The Bertz CT molecular complexity index is 636. The van der Waals surface area contributed by atoms with Gasteiger partial charge in [0.15, 0.2) is 0 Å². The van der Waals surface area contributed by atoms with Crippen molar-refractivity contribution in [2.45, 2.75) is 25.6 Å². The fourth-order valence-electron chi connectivity index (χ4n) is 2.33. The van der Waals surface area contributed by atoms with E-state index >= 15 is 0 Å². The van der Waals surface area contributed by atoms with Crippen molar-refractivity contribution in [1.29, 1.82) is 0 Å². The number of carbonyl (C=O) groups is 1. The molecular formula is C18H19ClFNO3. The summed E-state index contributed by atoms with van der Waals surface area (Å²) in [4.78, 5) is 15.9. The number of aliphatic hydroxyl groups excluding tert-OH is 1. The van der Waals surface area contributed by atoms with Crippen LogP contribution in [0.4, 0.5) is 4.39 Å². The number of ether oxygens (including phenoxy) is 1. The molecule has 0 fully saturated rings. The highest BCUT2D eigenvalue weighted by molar-refractivity contribution is 6.17. The molecule has 6 heteroatoms. The van der Waals surface area contributed by atoms with E-state index in [1.54, 1.807) is 0 Å². The molecule has 2 aromatic rings. The van der Waals surface area contributed by atoms with Crippen molar-refractivity contribution in [3.05, 3.63) is 65.7 Å². The van der Waals surface area contributed by atoms with Crippen molar-refractivity contribution in [2.75, 3.05) is 5.88 Å². The van der Waals surface area contributed by atoms with Crippen molar-refractivity contribution in [1.82, 2.24) is 4.98 Å². The lowest BCUT2D eigenvalue weighted by Gasteiger charge is -2.21. The number of nitrogens with zero attached hydrogens (tertiary/aromatic N) is 1. The minimum absolute atomic E-state index is 0.130. The SMILES string of the molecule is O=C(OCc1ccccc1)C(CCCCl)C(O)c1ccc(F)nc1. The van der Waals surface area contributed by atoms with Gasteiger partial charge in [0, 0.05) is 12.1 Å². The second-order valence-corrected chi connectivity index (χ2v) is 5.77. The van der Waals surface area contributed by atoms with Gasteiger partial charge in [-0.2, -0.15) is 4.39 Å². The normalized spacial score (nSPS) is 13.3. The van der Waals surface area contributed by atoms with Gasteiger partial charge < -0.3 is 9.84 Å². The summed E-state index contributed by atoms with van der Waals surface area (Å²) < 4.78 is 18.2. The topological polar surface area (TPSA) is 59.4 Å². The summed E-state index contributed by atoms with van der Waals surface area (Å²) >= 11 is 5.70. The number of aliphatic hydroxyl groups is 1. The third-order valence-corrected chi connectivity index (χ3v) is 3.92. The summed E-state index contributed by atoms with van der Waals surface area (Å²) in [5, 5.41) is 10.5. The van der Waals surface area contributed by atoms with Gasteiger partial charge in [0.25, 0.3) is 0 Å². The number of alkyl halides is 1. The zero-order chi connectivity index (χ0) is 17.4. The lowest BCUT2D eigenvalue weighted by atomic mass is 9.92. The molecule has 1 aromatic carbocycles. The zero-order valence-corrected chi connectivity index (χ0v) is 13.8. The number of halogens is 2. The van der Waals surface area contributed by atoms with E-state index in [0.717, 1.165) is 11.6 Å². The van der Waals surface area contributed by atoms with Crippen molar-refractivity contribution in [3.63, 3.8) is 0 Å². The predicted octanol–water partition coefficient (Wildman–Crippen LogP) is 3.63. The summed E-state index contributed by atoms with van der Waals surface area (Å²) in [6.07, 6.45) is 1.02. The van der Waals surface area contributed by atoms with Gasteiger partial charge in [-0.1, -0.05) is 36.4 Å². The molecule has 0 saturated carbocycles. The van der Waals surface area contributed by atoms with E-state index in [0.29, 0.717) is 24.3 Å². The molecule has 1 N–H and O–H groups in total. The first kappa shape index (κ1) is 18.4. The van der Waals surface area contributed by atoms with E-state index in [4.69, 9.17) is 16.3 Å². The quantitative estimate of drug-likeness (QED) is 0.448. The van der Waals surface area contributed by atoms with Crippen LogP contribution in [0.25, 0.3) is 0 Å². The molecule has 0 amide bonds. The molecule has 2 unspecified atom stereocenters. The lowest BCUT2D eigenvalue weighted by molar-refractivity contribution is -0.154. The van der Waals surface area contributed by atoms with Crippen LogP contribution in [0.1, 0.15) is 30.1 Å². The van der Waals surface area contributed by atoms with E-state index in [-0.39, 0.29) is 6.61 Å². The van der Waals surface area contributed by atoms with Gasteiger partial charge in [0.1, 0.15) is 6.61 Å². The van der Waals surface area contributed by atoms with Gasteiger partial charge in [-0.25, -0.2) is 4.98 Å². The molecule has 0 aliphatic carbocycles. The molecule has 1 heterocycles. The fraction of sp³-hybridized carbons (Fsp3) is 0.333. The minimum Gasteiger partial charge on any atom is -0.461 e. The number of hydrogen-bond donors (Lipinski definition) is 1. The highest BCUT2D eigenvalue weighted by Gasteiger charge is 2.29. The van der Waals surface area contributed by atoms with Crippen LogP contribution in [0.15, 0.2) is 48.7 Å². The van der Waals surface area contributed by atoms with Crippen LogP contribution < -0.4 is 0 Å². The average Bonchev–Trinajstić information content (AvgIpc) is 2.61. The zero-order valence-electron chi connectivity index (χ0n) is 13.1. The molecule has 0 saturated heterocycles. The Kier molecular flexibility index (Phi) is 7.15. The molecule has 128 valence electrons. The molecule has 0 aliphatic heterocycles. The Morgan fingerprint density at radius 3 is 2.62 bits per heavy atom. The Morgan fingerprint density at radius 1 is 1.25 bits per heavy atom. The van der Waals surface area contributed by atoms with Crippen LogP contribution in [0.5, 0.6) is 0 Å². The molecule has 2 rings (SSSR count). The van der Waals surface area contributed by atoms with Crippen LogP contribution >= 0.6 is 11.6 Å². The summed E-state index contributed by atoms with van der Waals surface area (Å²) in [7, 11) is 0. The number of benzene rings is 1. The smallest absolute Gasteiger partial charge is 0.312 e. The third-order valence-electron chi connectivity index (χ3n) is 3.65. The molecule has 0 bridgehead atoms. The maximum absolute atomic E-state index is 12.9. The van der Waals surface area contributed by atoms with Crippen molar-refractivity contribution in [2.24, 2.45) is 5.92 Å². The van der Waals surface area contributed by atoms with Crippen LogP contribution in [-0.2, 0) is 16.1 Å². The molecule has 24 heavy (non-hydrogen) atoms. The molecule has 2 atom stereocenters. The largest absolute Gasteiger partial charge is 0.461 e. The van der Waals surface area contributed by atoms with Gasteiger partial charge in [-0.3, -0.25) is 4.79 Å². The van der Waals surface area contributed by atoms with E-state index in [1.807, 2.05) is 30.3 Å². The standard InChI is InChI=1S/C18H19ClFNO3/c19-10-4-7-15(17(22)14-8-9-16(20)21-11-14)18(23)24-12-13-5-2-1-3-6-13/h1-3,5-6,8-9,11,15,17,22H,4,7,10,12H2. The summed E-state index contributed by atoms with van der Waals surface area (Å²) in [6.45, 7) is 0.130. The number of hydrogen-bond acceptors (Lipinski definition) is 4. The molecule has 0 aliphatic rings. The monoisotopic (exact) mass is 351 g/mol. The first-order valence-corrected chi connectivity index (χ1v) is 8.21. The first-order chi connectivity index (χ1) is 11.6. The number of esters is 1. The van der Waals surface area contributed by atoms with Gasteiger partial charge >= 0.3 is 5.97 Å². The Morgan fingerprint density at radius 2 is 2.00 bits per heavy atom. The summed E-state index contributed by atoms with van der Waals surface area (Å²) in [5.74, 6) is -1.56. The first-order valence-electron chi connectivity index (χ1n) is 7.68. The minimum atomic E-state index is -1.12. The van der Waals surface area contributed by atoms with E-state index in [1.165, 1.54) is 12.3 Å². The average molecular weight is 352 g/mol. The van der Waals surface area contributed by atoms with E-state index in [2.05, 4.69) is 4.98 Å². The molecular weight excluding hydrogens is 333 g/mol. The van der Waals surface area contributed by atoms with Crippen LogP contribution in [0, 0.1) is 11.9 Å². The predicted molar refractivity (Wildman–Crippen MR) is 88.8 cm³/mol. The summed E-state index contributed by atoms with van der Waals surface area (Å²) in [5.41, 5.74) is 1.23. The lowest BCUT2D eigenvalue weighted by Crippen LogP contribution is -2.25. The third kappa shape index (κ3) is 5.28. The molecule has 4 nitrogen and oxygen atoms in total. The highest BCUT2D eigenvalue weighted by atomic mass is 35.5. The Balaban J connectivity index is 2.05. The van der Waals surface area contributed by atoms with Gasteiger partial charge in [-0.05, 0) is 30.0 Å². The van der Waals surface area contributed by atoms with Crippen LogP contribution in [0.3, 0.4) is 0 Å². The van der Waals surface area contributed by atoms with Crippen LogP contribution in [0.2, 0.25) is 0 Å². The second kappa shape index (κ2) is 9.35. The number of pyridine rings is 1. The van der Waals surface area contributed by atoms with E-state index in [9.17, 15) is 14.3 Å². The number of rotatable bonds is 8.